The van der Waals surface area contributed by atoms with Crippen LogP contribution in [0.5, 0.6) is 0 Å². The van der Waals surface area contributed by atoms with Crippen LogP contribution in [0.2, 0.25) is 0 Å². The first-order valence-corrected chi connectivity index (χ1v) is 6.79. The maximum atomic E-state index is 12.1. The number of aryl methyl sites for hydroxylation is 1. The summed E-state index contributed by atoms with van der Waals surface area (Å²) in [5.41, 5.74) is -0.576. The van der Waals surface area contributed by atoms with Crippen molar-refractivity contribution in [1.29, 1.82) is 0 Å². The molecule has 110 valence electrons. The van der Waals surface area contributed by atoms with Gasteiger partial charge in [-0.25, -0.2) is 8.42 Å². The number of sulfonamides is 1. The zero-order chi connectivity index (χ0) is 15.5. The molecule has 0 radical (unpaired) electrons. The van der Waals surface area contributed by atoms with E-state index in [4.69, 9.17) is 10.2 Å². The van der Waals surface area contributed by atoms with Crippen LogP contribution in [0.4, 0.5) is 5.69 Å². The standard InChI is InChI=1S/C10H12N2O7S/c1-6-3-2-4-8(12(16)17)9(6)20(18,19)11-7(5-13)10(14)15/h2-4,7,11,13H,5H2,1H3,(H,14,15). The Morgan fingerprint density at radius 1 is 1.50 bits per heavy atom. The van der Waals surface area contributed by atoms with Crippen molar-refractivity contribution in [3.63, 3.8) is 0 Å². The molecule has 0 heterocycles. The van der Waals surface area contributed by atoms with E-state index in [2.05, 4.69) is 0 Å². The van der Waals surface area contributed by atoms with E-state index in [1.54, 1.807) is 4.72 Å². The number of aliphatic hydroxyl groups excluding tert-OH is 1. The third-order valence-corrected chi connectivity index (χ3v) is 4.10. The Balaban J connectivity index is 3.36. The highest BCUT2D eigenvalue weighted by molar-refractivity contribution is 7.89. The van der Waals surface area contributed by atoms with Gasteiger partial charge in [-0.1, -0.05) is 12.1 Å². The van der Waals surface area contributed by atoms with Crippen molar-refractivity contribution in [3.05, 3.63) is 33.9 Å². The van der Waals surface area contributed by atoms with E-state index in [9.17, 15) is 23.3 Å². The highest BCUT2D eigenvalue weighted by atomic mass is 32.2. The normalized spacial score (nSPS) is 12.9. The Morgan fingerprint density at radius 3 is 2.55 bits per heavy atom. The van der Waals surface area contributed by atoms with E-state index >= 15 is 0 Å². The fourth-order valence-corrected chi connectivity index (χ4v) is 3.12. The van der Waals surface area contributed by atoms with Gasteiger partial charge < -0.3 is 10.2 Å². The summed E-state index contributed by atoms with van der Waals surface area (Å²) in [5, 5.41) is 28.4. The minimum atomic E-state index is -4.46. The van der Waals surface area contributed by atoms with Crippen LogP contribution >= 0.6 is 0 Å². The molecule has 20 heavy (non-hydrogen) atoms. The molecule has 0 aliphatic carbocycles. The molecule has 1 unspecified atom stereocenters. The summed E-state index contributed by atoms with van der Waals surface area (Å²) < 4.78 is 25.8. The maximum Gasteiger partial charge on any atom is 0.324 e. The lowest BCUT2D eigenvalue weighted by Gasteiger charge is -2.13. The van der Waals surface area contributed by atoms with E-state index in [0.29, 0.717) is 0 Å². The van der Waals surface area contributed by atoms with E-state index in [1.165, 1.54) is 19.1 Å². The zero-order valence-corrected chi connectivity index (χ0v) is 11.1. The third kappa shape index (κ3) is 3.29. The van der Waals surface area contributed by atoms with Crippen LogP contribution in [0.1, 0.15) is 5.56 Å². The van der Waals surface area contributed by atoms with Crippen LogP contribution in [0.25, 0.3) is 0 Å². The number of hydrogen-bond acceptors (Lipinski definition) is 6. The molecule has 3 N–H and O–H groups in total. The van der Waals surface area contributed by atoms with Gasteiger partial charge in [0.1, 0.15) is 6.04 Å². The maximum absolute atomic E-state index is 12.1. The molecule has 0 aliphatic heterocycles. The second-order valence-electron chi connectivity index (χ2n) is 3.87. The summed E-state index contributed by atoms with van der Waals surface area (Å²) >= 11 is 0. The largest absolute Gasteiger partial charge is 0.480 e. The lowest BCUT2D eigenvalue weighted by molar-refractivity contribution is -0.387. The SMILES string of the molecule is Cc1cccc([N+](=O)[O-])c1S(=O)(=O)NC(CO)C(=O)O. The van der Waals surface area contributed by atoms with Crippen molar-refractivity contribution in [1.82, 2.24) is 4.72 Å². The quantitative estimate of drug-likeness (QED) is 0.479. The Bertz CT molecular complexity index is 641. The van der Waals surface area contributed by atoms with Crippen LogP contribution in [0.15, 0.2) is 23.1 Å². The monoisotopic (exact) mass is 304 g/mol. The number of benzene rings is 1. The number of nitrogens with one attached hydrogen (secondary N) is 1. The molecule has 0 saturated carbocycles. The summed E-state index contributed by atoms with van der Waals surface area (Å²) in [5.74, 6) is -1.59. The van der Waals surface area contributed by atoms with E-state index < -0.39 is 44.1 Å². The Morgan fingerprint density at radius 2 is 2.10 bits per heavy atom. The summed E-state index contributed by atoms with van der Waals surface area (Å²) in [6.07, 6.45) is 0. The van der Waals surface area contributed by atoms with Crippen LogP contribution in [-0.4, -0.2) is 42.2 Å². The van der Waals surface area contributed by atoms with Gasteiger partial charge in [0.2, 0.25) is 10.0 Å². The second-order valence-corrected chi connectivity index (χ2v) is 5.53. The molecular weight excluding hydrogens is 292 g/mol. The van der Waals surface area contributed by atoms with Gasteiger partial charge in [-0.15, -0.1) is 0 Å². The number of nitrogens with zero attached hydrogens (tertiary/aromatic N) is 1. The number of nitro groups is 1. The number of aliphatic carboxylic acids is 1. The van der Waals surface area contributed by atoms with Gasteiger partial charge in [0, 0.05) is 6.07 Å². The van der Waals surface area contributed by atoms with Crippen molar-refractivity contribution >= 4 is 21.7 Å². The number of nitro benzene ring substituents is 1. The Labute approximate surface area is 114 Å². The average Bonchev–Trinajstić information content (AvgIpc) is 2.34. The smallest absolute Gasteiger partial charge is 0.324 e. The van der Waals surface area contributed by atoms with Crippen LogP contribution in [-0.2, 0) is 14.8 Å². The van der Waals surface area contributed by atoms with E-state index in [0.717, 1.165) is 6.07 Å². The molecule has 0 aromatic heterocycles. The summed E-state index contributed by atoms with van der Waals surface area (Å²) in [4.78, 5) is 20.1. The number of carboxylic acid groups (broad SMARTS) is 1. The Hall–Kier alpha value is -2.04. The molecule has 1 aromatic rings. The minimum absolute atomic E-state index is 0.0915. The van der Waals surface area contributed by atoms with Crippen molar-refractivity contribution in [2.75, 3.05) is 6.61 Å². The van der Waals surface area contributed by atoms with Crippen molar-refractivity contribution in [2.24, 2.45) is 0 Å². The van der Waals surface area contributed by atoms with Gasteiger partial charge in [0.25, 0.3) is 5.69 Å². The highest BCUT2D eigenvalue weighted by Gasteiger charge is 2.31. The number of carboxylic acids is 1. The van der Waals surface area contributed by atoms with Crippen LogP contribution in [0, 0.1) is 17.0 Å². The van der Waals surface area contributed by atoms with Crippen LogP contribution < -0.4 is 4.72 Å². The molecule has 1 atom stereocenters. The van der Waals surface area contributed by atoms with Crippen molar-refractivity contribution in [3.8, 4) is 0 Å². The molecule has 10 heteroatoms. The zero-order valence-electron chi connectivity index (χ0n) is 10.3. The fourth-order valence-electron chi connectivity index (χ4n) is 1.54. The topological polar surface area (TPSA) is 147 Å². The average molecular weight is 304 g/mol. The number of aliphatic hydroxyl groups is 1. The van der Waals surface area contributed by atoms with Gasteiger partial charge >= 0.3 is 5.97 Å². The molecule has 0 amide bonds. The molecule has 0 aliphatic rings. The molecule has 0 spiro atoms. The second kappa shape index (κ2) is 5.94. The molecule has 1 rings (SSSR count). The van der Waals surface area contributed by atoms with Crippen LogP contribution in [0.3, 0.4) is 0 Å². The summed E-state index contributed by atoms with van der Waals surface area (Å²) in [6.45, 7) is 0.366. The molecule has 9 nitrogen and oxygen atoms in total. The predicted molar refractivity (Wildman–Crippen MR) is 66.7 cm³/mol. The lowest BCUT2D eigenvalue weighted by Crippen LogP contribution is -2.43. The van der Waals surface area contributed by atoms with Gasteiger partial charge in [-0.3, -0.25) is 14.9 Å². The Kier molecular flexibility index (Phi) is 4.76. The molecule has 0 saturated heterocycles. The first kappa shape index (κ1) is 16.0. The van der Waals surface area contributed by atoms with Crippen molar-refractivity contribution < 1.29 is 28.3 Å². The van der Waals surface area contributed by atoms with Crippen molar-refractivity contribution in [2.45, 2.75) is 17.9 Å². The van der Waals surface area contributed by atoms with E-state index in [-0.39, 0.29) is 5.56 Å². The minimum Gasteiger partial charge on any atom is -0.480 e. The van der Waals surface area contributed by atoms with E-state index in [1.807, 2.05) is 0 Å². The van der Waals surface area contributed by atoms with Gasteiger partial charge in [0.15, 0.2) is 4.90 Å². The van der Waals surface area contributed by atoms with Gasteiger partial charge in [-0.05, 0) is 12.5 Å². The molecular formula is C10H12N2O7S. The highest BCUT2D eigenvalue weighted by Crippen LogP contribution is 2.26. The summed E-state index contributed by atoms with van der Waals surface area (Å²) in [7, 11) is -4.46. The first-order chi connectivity index (χ1) is 9.20. The predicted octanol–water partition coefficient (Wildman–Crippen LogP) is -0.373. The number of carbonyl (C=O) groups is 1. The first-order valence-electron chi connectivity index (χ1n) is 5.30. The molecule has 1 aromatic carbocycles. The summed E-state index contributed by atoms with van der Waals surface area (Å²) in [6, 6.07) is 1.87. The number of rotatable bonds is 6. The molecule has 0 fully saturated rings. The van der Waals surface area contributed by atoms with Gasteiger partial charge in [-0.2, -0.15) is 4.72 Å². The lowest BCUT2D eigenvalue weighted by atomic mass is 10.2. The fraction of sp³-hybridized carbons (Fsp3) is 0.300. The number of hydrogen-bond donors (Lipinski definition) is 3. The van der Waals surface area contributed by atoms with Gasteiger partial charge in [0.05, 0.1) is 11.5 Å². The molecule has 0 bridgehead atoms. The third-order valence-electron chi connectivity index (χ3n) is 2.43.